The molecule has 0 saturated heterocycles. The smallest absolute Gasteiger partial charge is 0.318 e. The minimum Gasteiger partial charge on any atom is -0.472 e. The molecular weight excluding hydrogens is 316 g/mol. The Morgan fingerprint density at radius 2 is 2.12 bits per heavy atom. The van der Waals surface area contributed by atoms with E-state index in [2.05, 4.69) is 10.3 Å². The van der Waals surface area contributed by atoms with Gasteiger partial charge in [0.25, 0.3) is 0 Å². The predicted molar refractivity (Wildman–Crippen MR) is 94.8 cm³/mol. The van der Waals surface area contributed by atoms with E-state index >= 15 is 0 Å². The molecule has 3 rings (SSSR count). The number of carbonyl (C=O) groups is 1. The van der Waals surface area contributed by atoms with E-state index in [4.69, 9.17) is 4.42 Å². The van der Waals surface area contributed by atoms with Crippen molar-refractivity contribution >= 4 is 6.03 Å². The monoisotopic (exact) mass is 338 g/mol. The molecule has 1 atom stereocenters. The number of aromatic nitrogens is 2. The van der Waals surface area contributed by atoms with E-state index in [0.717, 1.165) is 17.0 Å². The van der Waals surface area contributed by atoms with Crippen LogP contribution >= 0.6 is 0 Å². The normalized spacial score (nSPS) is 11.9. The highest BCUT2D eigenvalue weighted by Crippen LogP contribution is 2.20. The summed E-state index contributed by atoms with van der Waals surface area (Å²) in [7, 11) is 1.92. The first kappa shape index (κ1) is 16.8. The van der Waals surface area contributed by atoms with E-state index in [1.54, 1.807) is 23.6 Å². The van der Waals surface area contributed by atoms with E-state index in [1.165, 1.54) is 0 Å². The summed E-state index contributed by atoms with van der Waals surface area (Å²) in [4.78, 5) is 19.0. The lowest BCUT2D eigenvalue weighted by Crippen LogP contribution is -2.42. The van der Waals surface area contributed by atoms with Gasteiger partial charge in [0.2, 0.25) is 0 Å². The molecule has 0 aliphatic carbocycles. The third-order valence-electron chi connectivity index (χ3n) is 4.14. The van der Waals surface area contributed by atoms with Crippen molar-refractivity contribution in [2.75, 3.05) is 6.54 Å². The highest BCUT2D eigenvalue weighted by Gasteiger charge is 2.23. The molecule has 2 heterocycles. The SMILES string of the molecule is CCN(Cc1ccoc1)C(=O)NC(c1ccccc1)c1nccn1C. The fraction of sp³-hybridized carbons (Fsp3) is 0.263. The number of aryl methyl sites for hydroxylation is 1. The van der Waals surface area contributed by atoms with Crippen molar-refractivity contribution in [1.29, 1.82) is 0 Å². The second kappa shape index (κ2) is 7.70. The first-order valence-corrected chi connectivity index (χ1v) is 8.27. The molecule has 1 unspecified atom stereocenters. The Bertz CT molecular complexity index is 796. The lowest BCUT2D eigenvalue weighted by molar-refractivity contribution is 0.195. The molecule has 130 valence electrons. The summed E-state index contributed by atoms with van der Waals surface area (Å²) in [5.74, 6) is 0.791. The van der Waals surface area contributed by atoms with Crippen LogP contribution in [0.1, 0.15) is 29.9 Å². The maximum absolute atomic E-state index is 12.8. The minimum absolute atomic E-state index is 0.138. The van der Waals surface area contributed by atoms with Gasteiger partial charge in [-0.05, 0) is 18.6 Å². The lowest BCUT2D eigenvalue weighted by Gasteiger charge is -2.25. The van der Waals surface area contributed by atoms with E-state index < -0.39 is 0 Å². The van der Waals surface area contributed by atoms with Gasteiger partial charge in [-0.3, -0.25) is 0 Å². The first-order valence-electron chi connectivity index (χ1n) is 8.27. The fourth-order valence-electron chi connectivity index (χ4n) is 2.74. The van der Waals surface area contributed by atoms with Crippen LogP contribution in [0.5, 0.6) is 0 Å². The molecule has 2 aromatic heterocycles. The highest BCUT2D eigenvalue weighted by atomic mass is 16.3. The van der Waals surface area contributed by atoms with E-state index in [-0.39, 0.29) is 12.1 Å². The third-order valence-corrected chi connectivity index (χ3v) is 4.14. The lowest BCUT2D eigenvalue weighted by atomic mass is 10.1. The number of hydrogen-bond donors (Lipinski definition) is 1. The van der Waals surface area contributed by atoms with Gasteiger partial charge in [0.15, 0.2) is 0 Å². The molecule has 0 radical (unpaired) electrons. The molecule has 0 fully saturated rings. The molecule has 25 heavy (non-hydrogen) atoms. The second-order valence-corrected chi connectivity index (χ2v) is 5.84. The molecule has 0 saturated carbocycles. The maximum Gasteiger partial charge on any atom is 0.318 e. The Morgan fingerprint density at radius 3 is 2.72 bits per heavy atom. The molecular formula is C19H22N4O2. The predicted octanol–water partition coefficient (Wildman–Crippen LogP) is 3.33. The fourth-order valence-corrected chi connectivity index (χ4v) is 2.74. The van der Waals surface area contributed by atoms with Gasteiger partial charge in [0, 0.05) is 31.5 Å². The van der Waals surface area contributed by atoms with Gasteiger partial charge in [-0.1, -0.05) is 30.3 Å². The number of hydrogen-bond acceptors (Lipinski definition) is 3. The first-order chi connectivity index (χ1) is 12.2. The minimum atomic E-state index is -0.313. The van der Waals surface area contributed by atoms with Crippen LogP contribution in [0.4, 0.5) is 4.79 Å². The summed E-state index contributed by atoms with van der Waals surface area (Å²) in [5.41, 5.74) is 1.95. The number of benzene rings is 1. The summed E-state index contributed by atoms with van der Waals surface area (Å²) in [6.07, 6.45) is 6.88. The number of amides is 2. The Kier molecular flexibility index (Phi) is 5.18. The van der Waals surface area contributed by atoms with Gasteiger partial charge in [0.1, 0.15) is 11.9 Å². The molecule has 0 spiro atoms. The zero-order chi connectivity index (χ0) is 17.6. The van der Waals surface area contributed by atoms with Crippen LogP contribution < -0.4 is 5.32 Å². The van der Waals surface area contributed by atoms with Gasteiger partial charge in [-0.2, -0.15) is 0 Å². The quantitative estimate of drug-likeness (QED) is 0.750. The van der Waals surface area contributed by atoms with Crippen molar-refractivity contribution in [2.45, 2.75) is 19.5 Å². The molecule has 6 nitrogen and oxygen atoms in total. The van der Waals surface area contributed by atoms with Crippen LogP contribution in [-0.4, -0.2) is 27.0 Å². The van der Waals surface area contributed by atoms with Gasteiger partial charge >= 0.3 is 6.03 Å². The number of furan rings is 1. The average molecular weight is 338 g/mol. The second-order valence-electron chi connectivity index (χ2n) is 5.84. The number of urea groups is 1. The molecule has 0 aliphatic rings. The van der Waals surface area contributed by atoms with Crippen molar-refractivity contribution in [3.8, 4) is 0 Å². The zero-order valence-corrected chi connectivity index (χ0v) is 14.4. The van der Waals surface area contributed by atoms with Crippen LogP contribution in [-0.2, 0) is 13.6 Å². The van der Waals surface area contributed by atoms with Gasteiger partial charge in [0.05, 0.1) is 19.1 Å². The molecule has 1 N–H and O–H groups in total. The van der Waals surface area contributed by atoms with Crippen LogP contribution in [0.2, 0.25) is 0 Å². The maximum atomic E-state index is 12.8. The number of carbonyl (C=O) groups excluding carboxylic acids is 1. The van der Waals surface area contributed by atoms with Gasteiger partial charge in [-0.25, -0.2) is 9.78 Å². The van der Waals surface area contributed by atoms with Crippen molar-refractivity contribution in [2.24, 2.45) is 7.05 Å². The zero-order valence-electron chi connectivity index (χ0n) is 14.4. The number of nitrogens with zero attached hydrogens (tertiary/aromatic N) is 3. The number of rotatable bonds is 6. The molecule has 3 aromatic rings. The number of imidazole rings is 1. The van der Waals surface area contributed by atoms with Crippen LogP contribution in [0.3, 0.4) is 0 Å². The summed E-state index contributed by atoms with van der Waals surface area (Å²) < 4.78 is 7.01. The van der Waals surface area contributed by atoms with Crippen molar-refractivity contribution in [3.63, 3.8) is 0 Å². The van der Waals surface area contributed by atoms with Crippen molar-refractivity contribution < 1.29 is 9.21 Å². The van der Waals surface area contributed by atoms with Crippen LogP contribution in [0, 0.1) is 0 Å². The van der Waals surface area contributed by atoms with Gasteiger partial charge in [-0.15, -0.1) is 0 Å². The Hall–Kier alpha value is -3.02. The third kappa shape index (κ3) is 3.91. The van der Waals surface area contributed by atoms with E-state index in [9.17, 15) is 4.79 Å². The van der Waals surface area contributed by atoms with Crippen LogP contribution in [0.15, 0.2) is 65.7 Å². The van der Waals surface area contributed by atoms with E-state index in [0.29, 0.717) is 13.1 Å². The molecule has 0 aliphatic heterocycles. The molecule has 1 aromatic carbocycles. The van der Waals surface area contributed by atoms with Crippen molar-refractivity contribution in [3.05, 3.63) is 78.3 Å². The Balaban J connectivity index is 1.82. The van der Waals surface area contributed by atoms with Gasteiger partial charge < -0.3 is 19.2 Å². The topological polar surface area (TPSA) is 63.3 Å². The van der Waals surface area contributed by atoms with E-state index in [1.807, 2.05) is 61.1 Å². The Morgan fingerprint density at radius 1 is 1.32 bits per heavy atom. The summed E-state index contributed by atoms with van der Waals surface area (Å²) >= 11 is 0. The molecule has 2 amide bonds. The molecule has 6 heteroatoms. The number of nitrogens with one attached hydrogen (secondary N) is 1. The van der Waals surface area contributed by atoms with Crippen molar-refractivity contribution in [1.82, 2.24) is 19.8 Å². The largest absolute Gasteiger partial charge is 0.472 e. The average Bonchev–Trinajstić information content (AvgIpc) is 3.30. The Labute approximate surface area is 147 Å². The highest BCUT2D eigenvalue weighted by molar-refractivity contribution is 5.75. The summed E-state index contributed by atoms with van der Waals surface area (Å²) in [5, 5.41) is 3.11. The van der Waals surface area contributed by atoms with Crippen LogP contribution in [0.25, 0.3) is 0 Å². The summed E-state index contributed by atoms with van der Waals surface area (Å²) in [6, 6.07) is 11.3. The molecule has 0 bridgehead atoms. The summed E-state index contributed by atoms with van der Waals surface area (Å²) in [6.45, 7) is 3.05. The standard InChI is InChI=1S/C19H22N4O2/c1-3-23(13-15-9-12-25-14-15)19(24)21-17(16-7-5-4-6-8-16)18-20-10-11-22(18)2/h4-12,14,17H,3,13H2,1-2H3,(H,21,24).